The molecule has 1 unspecified atom stereocenters. The van der Waals surface area contributed by atoms with Gasteiger partial charge >= 0.3 is 0 Å². The highest BCUT2D eigenvalue weighted by molar-refractivity contribution is 6.30. The molecule has 0 fully saturated rings. The van der Waals surface area contributed by atoms with Gasteiger partial charge in [-0.15, -0.1) is 0 Å². The lowest BCUT2D eigenvalue weighted by Gasteiger charge is -2.13. The molecule has 2 aromatic carbocycles. The fraction of sp³-hybridized carbons (Fsp3) is 0.143. The Bertz CT molecular complexity index is 538. The molecule has 0 aliphatic carbocycles. The molecular weight excluding hydrogens is 255 g/mol. The van der Waals surface area contributed by atoms with Gasteiger partial charge in [0.1, 0.15) is 17.3 Å². The van der Waals surface area contributed by atoms with Crippen LogP contribution in [0.3, 0.4) is 0 Å². The summed E-state index contributed by atoms with van der Waals surface area (Å²) >= 11 is 5.77. The number of aliphatic hydroxyl groups excluding tert-OH is 1. The van der Waals surface area contributed by atoms with Crippen molar-refractivity contribution in [3.63, 3.8) is 0 Å². The Labute approximate surface area is 110 Å². The average molecular weight is 267 g/mol. The van der Waals surface area contributed by atoms with E-state index in [0.29, 0.717) is 16.5 Å². The van der Waals surface area contributed by atoms with E-state index in [-0.39, 0.29) is 5.56 Å². The number of hydrogen-bond acceptors (Lipinski definition) is 2. The first-order valence-corrected chi connectivity index (χ1v) is 5.85. The molecule has 2 nitrogen and oxygen atoms in total. The number of halogens is 2. The van der Waals surface area contributed by atoms with Gasteiger partial charge in [0.2, 0.25) is 0 Å². The van der Waals surface area contributed by atoms with Gasteiger partial charge < -0.3 is 9.84 Å². The second-order valence-corrected chi connectivity index (χ2v) is 4.32. The largest absolute Gasteiger partial charge is 0.457 e. The van der Waals surface area contributed by atoms with Crippen molar-refractivity contribution >= 4 is 11.6 Å². The molecule has 0 radical (unpaired) electrons. The van der Waals surface area contributed by atoms with Crippen LogP contribution in [-0.4, -0.2) is 5.11 Å². The zero-order chi connectivity index (χ0) is 13.1. The molecule has 0 saturated carbocycles. The van der Waals surface area contributed by atoms with Crippen molar-refractivity contribution in [1.82, 2.24) is 0 Å². The Balaban J connectivity index is 2.34. The van der Waals surface area contributed by atoms with Crippen LogP contribution in [0, 0.1) is 5.82 Å². The van der Waals surface area contributed by atoms with E-state index < -0.39 is 11.9 Å². The molecule has 2 rings (SSSR count). The zero-order valence-corrected chi connectivity index (χ0v) is 10.5. The third kappa shape index (κ3) is 2.81. The molecule has 4 heteroatoms. The van der Waals surface area contributed by atoms with Gasteiger partial charge in [-0.05, 0) is 43.3 Å². The molecule has 94 valence electrons. The Morgan fingerprint density at radius 1 is 1.17 bits per heavy atom. The third-order valence-corrected chi connectivity index (χ3v) is 2.72. The highest BCUT2D eigenvalue weighted by Gasteiger charge is 2.15. The van der Waals surface area contributed by atoms with Crippen molar-refractivity contribution in [2.75, 3.05) is 0 Å². The van der Waals surface area contributed by atoms with Crippen LogP contribution in [0.25, 0.3) is 0 Å². The van der Waals surface area contributed by atoms with Crippen molar-refractivity contribution < 1.29 is 14.2 Å². The van der Waals surface area contributed by atoms with Crippen LogP contribution in [0.2, 0.25) is 5.02 Å². The maximum atomic E-state index is 13.6. The lowest BCUT2D eigenvalue weighted by atomic mass is 10.1. The summed E-state index contributed by atoms with van der Waals surface area (Å²) in [5.41, 5.74) is 0.146. The number of ether oxygens (including phenoxy) is 1. The number of benzene rings is 2. The van der Waals surface area contributed by atoms with E-state index in [4.69, 9.17) is 16.3 Å². The monoisotopic (exact) mass is 266 g/mol. The Kier molecular flexibility index (Phi) is 3.84. The summed E-state index contributed by atoms with van der Waals surface area (Å²) in [5, 5.41) is 10.2. The van der Waals surface area contributed by atoms with E-state index in [0.717, 1.165) is 0 Å². The maximum absolute atomic E-state index is 13.6. The minimum atomic E-state index is -0.937. The SMILES string of the molecule is CC(O)c1c(F)cccc1Oc1ccc(Cl)cc1. The lowest BCUT2D eigenvalue weighted by molar-refractivity contribution is 0.190. The van der Waals surface area contributed by atoms with Crippen LogP contribution in [0.1, 0.15) is 18.6 Å². The molecule has 0 spiro atoms. The normalized spacial score (nSPS) is 12.2. The molecule has 1 atom stereocenters. The predicted molar refractivity (Wildman–Crippen MR) is 68.6 cm³/mol. The van der Waals surface area contributed by atoms with E-state index in [1.807, 2.05) is 0 Å². The Morgan fingerprint density at radius 3 is 2.44 bits per heavy atom. The predicted octanol–water partition coefficient (Wildman–Crippen LogP) is 4.32. The van der Waals surface area contributed by atoms with Crippen LogP contribution >= 0.6 is 11.6 Å². The van der Waals surface area contributed by atoms with E-state index >= 15 is 0 Å². The van der Waals surface area contributed by atoms with Crippen molar-refractivity contribution in [2.24, 2.45) is 0 Å². The standard InChI is InChI=1S/C14H12ClFO2/c1-9(17)14-12(16)3-2-4-13(14)18-11-7-5-10(15)6-8-11/h2-9,17H,1H3. The first kappa shape index (κ1) is 12.9. The number of hydrogen-bond donors (Lipinski definition) is 1. The third-order valence-electron chi connectivity index (χ3n) is 2.47. The van der Waals surface area contributed by atoms with Gasteiger partial charge in [0.25, 0.3) is 0 Å². The fourth-order valence-electron chi connectivity index (χ4n) is 1.64. The van der Waals surface area contributed by atoms with E-state index in [1.165, 1.54) is 19.1 Å². The first-order chi connectivity index (χ1) is 8.58. The topological polar surface area (TPSA) is 29.5 Å². The summed E-state index contributed by atoms with van der Waals surface area (Å²) in [7, 11) is 0. The summed E-state index contributed by atoms with van der Waals surface area (Å²) in [5.74, 6) is 0.343. The smallest absolute Gasteiger partial charge is 0.136 e. The van der Waals surface area contributed by atoms with E-state index in [1.54, 1.807) is 30.3 Å². The summed E-state index contributed by atoms with van der Waals surface area (Å²) in [6, 6.07) is 11.2. The highest BCUT2D eigenvalue weighted by Crippen LogP contribution is 2.31. The minimum Gasteiger partial charge on any atom is -0.457 e. The molecule has 18 heavy (non-hydrogen) atoms. The second kappa shape index (κ2) is 5.38. The molecule has 0 aliphatic heterocycles. The quantitative estimate of drug-likeness (QED) is 0.896. The molecule has 1 N–H and O–H groups in total. The van der Waals surface area contributed by atoms with Crippen LogP contribution < -0.4 is 4.74 Å². The zero-order valence-electron chi connectivity index (χ0n) is 9.73. The van der Waals surface area contributed by atoms with Gasteiger partial charge in [-0.3, -0.25) is 0 Å². The van der Waals surface area contributed by atoms with Gasteiger partial charge in [0, 0.05) is 5.02 Å². The van der Waals surface area contributed by atoms with Gasteiger partial charge in [0.05, 0.1) is 11.7 Å². The van der Waals surface area contributed by atoms with Crippen LogP contribution in [0.4, 0.5) is 4.39 Å². The summed E-state index contributed by atoms with van der Waals surface area (Å²) < 4.78 is 19.2. The van der Waals surface area contributed by atoms with Crippen molar-refractivity contribution in [2.45, 2.75) is 13.0 Å². The summed E-state index contributed by atoms with van der Waals surface area (Å²) in [6.07, 6.45) is -0.937. The molecule has 0 aromatic heterocycles. The summed E-state index contributed by atoms with van der Waals surface area (Å²) in [4.78, 5) is 0. The number of aliphatic hydroxyl groups is 1. The second-order valence-electron chi connectivity index (χ2n) is 3.88. The van der Waals surface area contributed by atoms with Crippen LogP contribution in [-0.2, 0) is 0 Å². The van der Waals surface area contributed by atoms with E-state index in [9.17, 15) is 9.50 Å². The molecule has 2 aromatic rings. The van der Waals surface area contributed by atoms with Gasteiger partial charge in [-0.2, -0.15) is 0 Å². The van der Waals surface area contributed by atoms with Crippen LogP contribution in [0.5, 0.6) is 11.5 Å². The minimum absolute atomic E-state index is 0.146. The molecule has 0 heterocycles. The maximum Gasteiger partial charge on any atom is 0.136 e. The van der Waals surface area contributed by atoms with Crippen molar-refractivity contribution in [3.8, 4) is 11.5 Å². The van der Waals surface area contributed by atoms with Crippen LogP contribution in [0.15, 0.2) is 42.5 Å². The molecular formula is C14H12ClFO2. The van der Waals surface area contributed by atoms with Crippen molar-refractivity contribution in [1.29, 1.82) is 0 Å². The average Bonchev–Trinajstić information content (AvgIpc) is 2.32. The Morgan fingerprint density at radius 2 is 1.83 bits per heavy atom. The first-order valence-electron chi connectivity index (χ1n) is 5.48. The number of rotatable bonds is 3. The molecule has 0 bridgehead atoms. The highest BCUT2D eigenvalue weighted by atomic mass is 35.5. The van der Waals surface area contributed by atoms with Gasteiger partial charge in [-0.1, -0.05) is 17.7 Å². The lowest BCUT2D eigenvalue weighted by Crippen LogP contribution is -1.99. The molecule has 0 amide bonds. The van der Waals surface area contributed by atoms with Gasteiger partial charge in [-0.25, -0.2) is 4.39 Å². The van der Waals surface area contributed by atoms with Crippen molar-refractivity contribution in [3.05, 3.63) is 58.9 Å². The Hall–Kier alpha value is -1.58. The van der Waals surface area contributed by atoms with E-state index in [2.05, 4.69) is 0 Å². The molecule has 0 saturated heterocycles. The molecule has 0 aliphatic rings. The van der Waals surface area contributed by atoms with Gasteiger partial charge in [0.15, 0.2) is 0 Å². The summed E-state index contributed by atoms with van der Waals surface area (Å²) in [6.45, 7) is 1.49. The fourth-order valence-corrected chi connectivity index (χ4v) is 1.77.